The lowest BCUT2D eigenvalue weighted by Gasteiger charge is -1.98. The summed E-state index contributed by atoms with van der Waals surface area (Å²) in [5, 5.41) is 7.89. The van der Waals surface area contributed by atoms with Crippen molar-refractivity contribution in [3.05, 3.63) is 104 Å². The van der Waals surface area contributed by atoms with Crippen LogP contribution in [0, 0.1) is 0 Å². The van der Waals surface area contributed by atoms with Crippen LogP contribution < -0.4 is 32.4 Å². The highest BCUT2D eigenvalue weighted by Gasteiger charge is 2.01. The molecule has 24 heavy (non-hydrogen) atoms. The summed E-state index contributed by atoms with van der Waals surface area (Å²) >= 11 is 0. The zero-order valence-electron chi connectivity index (χ0n) is 12.6. The Morgan fingerprint density at radius 2 is 1.17 bits per heavy atom. The minimum Gasteiger partial charge on any atom is -0.287 e. The first-order valence-corrected chi connectivity index (χ1v) is 7.28. The summed E-state index contributed by atoms with van der Waals surface area (Å²) in [5.74, 6) is 0. The van der Waals surface area contributed by atoms with Crippen LogP contribution in [-0.2, 0) is 0 Å². The normalized spacial score (nSPS) is 12.2. The first kappa shape index (κ1) is 15.4. The van der Waals surface area contributed by atoms with E-state index in [1.54, 1.807) is 12.1 Å². The molecule has 0 saturated carbocycles. The molecule has 0 aliphatic carbocycles. The molecule has 0 amide bonds. The molecule has 0 bridgehead atoms. The molecule has 0 atom stereocenters. The lowest BCUT2D eigenvalue weighted by molar-refractivity contribution is 1.11. The number of nitrogens with zero attached hydrogens (tertiary/aromatic N) is 2. The molecule has 0 heterocycles. The van der Waals surface area contributed by atoms with Crippen molar-refractivity contribution >= 4 is 11.4 Å². The topological polar surface area (TPSA) is 82.9 Å². The Bertz CT molecular complexity index is 1040. The predicted molar refractivity (Wildman–Crippen MR) is 92.6 cm³/mol. The minimum atomic E-state index is -0.533. The number of benzene rings is 3. The van der Waals surface area contributed by atoms with E-state index in [4.69, 9.17) is 0 Å². The smallest absolute Gasteiger partial charge is 0.237 e. The second-order valence-electron chi connectivity index (χ2n) is 4.94. The van der Waals surface area contributed by atoms with Gasteiger partial charge in [0.15, 0.2) is 5.36 Å². The summed E-state index contributed by atoms with van der Waals surface area (Å²) < 4.78 is 0. The van der Waals surface area contributed by atoms with Crippen molar-refractivity contribution < 1.29 is 0 Å². The van der Waals surface area contributed by atoms with E-state index >= 15 is 0 Å². The molecule has 3 rings (SSSR count). The maximum absolute atomic E-state index is 12.4. The number of para-hydroxylation sites is 2. The first-order chi connectivity index (χ1) is 11.7. The lowest BCUT2D eigenvalue weighted by atomic mass is 10.3. The number of hydrogen-bond donors (Lipinski definition) is 2. The summed E-state index contributed by atoms with van der Waals surface area (Å²) in [7, 11) is 0. The molecule has 0 aliphatic heterocycles. The SMILES string of the molecule is O=c1cc/c(=N\Nc2ccccc2)c(=O)c1=NNc1ccccc1. The van der Waals surface area contributed by atoms with Gasteiger partial charge in [0.1, 0.15) is 5.36 Å². The molecule has 6 heteroatoms. The maximum Gasteiger partial charge on any atom is 0.237 e. The van der Waals surface area contributed by atoms with Crippen LogP contribution in [0.15, 0.2) is 92.6 Å². The van der Waals surface area contributed by atoms with Crippen LogP contribution in [0.3, 0.4) is 0 Å². The van der Waals surface area contributed by atoms with E-state index in [0.717, 1.165) is 5.69 Å². The molecule has 6 nitrogen and oxygen atoms in total. The molecule has 0 radical (unpaired) electrons. The van der Waals surface area contributed by atoms with Gasteiger partial charge in [0.2, 0.25) is 10.9 Å². The van der Waals surface area contributed by atoms with Crippen LogP contribution in [0.25, 0.3) is 0 Å². The molecule has 2 N–H and O–H groups in total. The van der Waals surface area contributed by atoms with Gasteiger partial charge in [-0.1, -0.05) is 36.4 Å². The molecule has 3 aromatic rings. The standard InChI is InChI=1S/C18H14N4O2/c23-16-12-11-15(21-19-13-7-3-1-4-8-13)18(24)17(16)22-20-14-9-5-2-6-10-14/h1-12,19-20H/b21-15+,22-17?. The van der Waals surface area contributed by atoms with Gasteiger partial charge in [0.05, 0.1) is 11.4 Å². The lowest BCUT2D eigenvalue weighted by Crippen LogP contribution is -2.47. The number of rotatable bonds is 4. The Balaban J connectivity index is 1.96. The zero-order chi connectivity index (χ0) is 16.8. The third-order valence-electron chi connectivity index (χ3n) is 3.22. The molecule has 0 spiro atoms. The first-order valence-electron chi connectivity index (χ1n) is 7.28. The van der Waals surface area contributed by atoms with E-state index in [0.29, 0.717) is 5.69 Å². The third kappa shape index (κ3) is 3.61. The van der Waals surface area contributed by atoms with Gasteiger partial charge in [0, 0.05) is 0 Å². The quantitative estimate of drug-likeness (QED) is 0.707. The maximum atomic E-state index is 12.4. The van der Waals surface area contributed by atoms with Crippen molar-refractivity contribution in [3.63, 3.8) is 0 Å². The Morgan fingerprint density at radius 1 is 0.625 bits per heavy atom. The Kier molecular flexibility index (Phi) is 4.57. The van der Waals surface area contributed by atoms with E-state index in [-0.39, 0.29) is 10.7 Å². The van der Waals surface area contributed by atoms with Gasteiger partial charge >= 0.3 is 0 Å². The summed E-state index contributed by atoms with van der Waals surface area (Å²) in [6, 6.07) is 20.9. The Hall–Kier alpha value is -3.54. The Labute approximate surface area is 137 Å². The van der Waals surface area contributed by atoms with Crippen LogP contribution in [0.2, 0.25) is 0 Å². The fourth-order valence-corrected chi connectivity index (χ4v) is 2.01. The van der Waals surface area contributed by atoms with Crippen LogP contribution in [-0.4, -0.2) is 0 Å². The van der Waals surface area contributed by atoms with E-state index in [2.05, 4.69) is 21.1 Å². The highest BCUT2D eigenvalue weighted by Crippen LogP contribution is 2.04. The minimum absolute atomic E-state index is 0.118. The molecule has 3 aromatic carbocycles. The van der Waals surface area contributed by atoms with Crippen LogP contribution in [0.5, 0.6) is 0 Å². The van der Waals surface area contributed by atoms with E-state index in [1.807, 2.05) is 48.5 Å². The Morgan fingerprint density at radius 3 is 1.75 bits per heavy atom. The van der Waals surface area contributed by atoms with Gasteiger partial charge in [-0.3, -0.25) is 20.4 Å². The van der Waals surface area contributed by atoms with E-state index in [1.165, 1.54) is 12.1 Å². The van der Waals surface area contributed by atoms with Gasteiger partial charge in [-0.15, -0.1) is 0 Å². The largest absolute Gasteiger partial charge is 0.287 e. The van der Waals surface area contributed by atoms with Crippen molar-refractivity contribution in [2.75, 3.05) is 10.9 Å². The van der Waals surface area contributed by atoms with Gasteiger partial charge < -0.3 is 0 Å². The zero-order valence-corrected chi connectivity index (χ0v) is 12.6. The molecule has 0 aliphatic rings. The summed E-state index contributed by atoms with van der Waals surface area (Å²) in [4.78, 5) is 24.3. The molecular formula is C18H14N4O2. The van der Waals surface area contributed by atoms with Crippen molar-refractivity contribution in [1.29, 1.82) is 0 Å². The second kappa shape index (κ2) is 7.15. The second-order valence-corrected chi connectivity index (χ2v) is 4.94. The number of nitrogens with one attached hydrogen (secondary N) is 2. The average molecular weight is 318 g/mol. The van der Waals surface area contributed by atoms with Crippen LogP contribution >= 0.6 is 0 Å². The van der Waals surface area contributed by atoms with Crippen LogP contribution in [0.1, 0.15) is 0 Å². The van der Waals surface area contributed by atoms with Gasteiger partial charge in [0.25, 0.3) is 0 Å². The van der Waals surface area contributed by atoms with Crippen LogP contribution in [0.4, 0.5) is 11.4 Å². The predicted octanol–water partition coefficient (Wildman–Crippen LogP) is 1.14. The summed E-state index contributed by atoms with van der Waals surface area (Å²) in [6.07, 6.45) is 0. The fraction of sp³-hybridized carbons (Fsp3) is 0. The highest BCUT2D eigenvalue weighted by molar-refractivity contribution is 5.42. The molecule has 0 saturated heterocycles. The molecule has 0 unspecified atom stereocenters. The van der Waals surface area contributed by atoms with Gasteiger partial charge in [-0.05, 0) is 36.4 Å². The van der Waals surface area contributed by atoms with Gasteiger partial charge in [-0.2, -0.15) is 10.2 Å². The molecular weight excluding hydrogens is 304 g/mol. The average Bonchev–Trinajstić information content (AvgIpc) is 2.63. The molecule has 0 aromatic heterocycles. The van der Waals surface area contributed by atoms with Crippen molar-refractivity contribution in [3.8, 4) is 0 Å². The molecule has 118 valence electrons. The van der Waals surface area contributed by atoms with Crippen molar-refractivity contribution in [2.45, 2.75) is 0 Å². The van der Waals surface area contributed by atoms with E-state index < -0.39 is 10.9 Å². The summed E-state index contributed by atoms with van der Waals surface area (Å²) in [6.45, 7) is 0. The fourth-order valence-electron chi connectivity index (χ4n) is 2.01. The number of hydrogen-bond acceptors (Lipinski definition) is 6. The monoisotopic (exact) mass is 318 g/mol. The van der Waals surface area contributed by atoms with Crippen molar-refractivity contribution in [2.24, 2.45) is 10.2 Å². The van der Waals surface area contributed by atoms with Gasteiger partial charge in [-0.25, -0.2) is 0 Å². The van der Waals surface area contributed by atoms with Crippen molar-refractivity contribution in [1.82, 2.24) is 0 Å². The van der Waals surface area contributed by atoms with E-state index in [9.17, 15) is 9.59 Å². The number of anilines is 2. The third-order valence-corrected chi connectivity index (χ3v) is 3.22. The highest BCUT2D eigenvalue weighted by atomic mass is 16.1. The summed E-state index contributed by atoms with van der Waals surface area (Å²) in [5.41, 5.74) is 5.92. The molecule has 0 fully saturated rings.